The maximum Gasteiger partial charge on any atom is 0.0824 e. The molecule has 0 amide bonds. The van der Waals surface area contributed by atoms with E-state index in [0.29, 0.717) is 10.7 Å². The second-order valence-electron chi connectivity index (χ2n) is 3.00. The molecular weight excluding hydrogens is 188 g/mol. The van der Waals surface area contributed by atoms with E-state index in [1.54, 1.807) is 6.07 Å². The molecule has 1 aliphatic rings. The number of hydroxylamine groups is 1. The molecule has 4 heteroatoms. The average molecular weight is 199 g/mol. The molecule has 1 fully saturated rings. The van der Waals surface area contributed by atoms with Crippen molar-refractivity contribution in [1.82, 2.24) is 0 Å². The van der Waals surface area contributed by atoms with Gasteiger partial charge >= 0.3 is 0 Å². The van der Waals surface area contributed by atoms with Crippen LogP contribution >= 0.6 is 11.6 Å². The van der Waals surface area contributed by atoms with Crippen LogP contribution in [0.1, 0.15) is 6.42 Å². The van der Waals surface area contributed by atoms with Crippen LogP contribution in [0, 0.1) is 0 Å². The molecule has 1 heterocycles. The molecule has 0 unspecified atom stereocenters. The Morgan fingerprint density at radius 3 is 2.92 bits per heavy atom. The summed E-state index contributed by atoms with van der Waals surface area (Å²) >= 11 is 6.01. The van der Waals surface area contributed by atoms with Crippen molar-refractivity contribution in [2.24, 2.45) is 0 Å². The number of hydrogen-bond donors (Lipinski definition) is 1. The lowest BCUT2D eigenvalue weighted by Gasteiger charge is -2.17. The normalized spacial score (nSPS) is 16.5. The summed E-state index contributed by atoms with van der Waals surface area (Å²) in [5, 5.41) is 2.45. The lowest BCUT2D eigenvalue weighted by atomic mass is 10.3. The van der Waals surface area contributed by atoms with E-state index >= 15 is 0 Å². The van der Waals surface area contributed by atoms with Crippen LogP contribution in [-0.2, 0) is 4.84 Å². The second kappa shape index (κ2) is 3.44. The topological polar surface area (TPSA) is 38.5 Å². The molecule has 3 nitrogen and oxygen atoms in total. The van der Waals surface area contributed by atoms with Crippen LogP contribution in [-0.4, -0.2) is 13.2 Å². The first-order valence-corrected chi connectivity index (χ1v) is 4.60. The Morgan fingerprint density at radius 2 is 2.31 bits per heavy atom. The van der Waals surface area contributed by atoms with Gasteiger partial charge in [-0.15, -0.1) is 0 Å². The lowest BCUT2D eigenvalue weighted by molar-refractivity contribution is 0.168. The molecule has 13 heavy (non-hydrogen) atoms. The summed E-state index contributed by atoms with van der Waals surface area (Å²) in [5.41, 5.74) is 7.15. The standard InChI is InChI=1S/C9H11ClN2O/c10-8-6-7(11)2-3-9(8)12-4-1-5-13-12/h2-3,6H,1,4-5,11H2. The quantitative estimate of drug-likeness (QED) is 0.703. The van der Waals surface area contributed by atoms with Crippen molar-refractivity contribution in [2.45, 2.75) is 6.42 Å². The van der Waals surface area contributed by atoms with Crippen LogP contribution in [0.4, 0.5) is 11.4 Å². The average Bonchev–Trinajstić information content (AvgIpc) is 2.56. The molecule has 1 aromatic carbocycles. The Morgan fingerprint density at radius 1 is 1.46 bits per heavy atom. The highest BCUT2D eigenvalue weighted by atomic mass is 35.5. The molecule has 0 aromatic heterocycles. The molecule has 0 atom stereocenters. The van der Waals surface area contributed by atoms with Crippen LogP contribution in [0.15, 0.2) is 18.2 Å². The van der Waals surface area contributed by atoms with Gasteiger partial charge in [0.15, 0.2) is 0 Å². The lowest BCUT2D eigenvalue weighted by Crippen LogP contribution is -2.16. The molecule has 0 aliphatic carbocycles. The van der Waals surface area contributed by atoms with Crippen LogP contribution in [0.2, 0.25) is 5.02 Å². The zero-order chi connectivity index (χ0) is 9.26. The molecule has 0 spiro atoms. The molecule has 1 aliphatic heterocycles. The van der Waals surface area contributed by atoms with Crippen LogP contribution < -0.4 is 10.8 Å². The molecule has 0 saturated carbocycles. The summed E-state index contributed by atoms with van der Waals surface area (Å²) < 4.78 is 0. The van der Waals surface area contributed by atoms with Gasteiger partial charge in [-0.25, -0.2) is 0 Å². The van der Waals surface area contributed by atoms with Crippen LogP contribution in [0.5, 0.6) is 0 Å². The fourth-order valence-electron chi connectivity index (χ4n) is 1.36. The fraction of sp³-hybridized carbons (Fsp3) is 0.333. The molecule has 1 saturated heterocycles. The number of hydrogen-bond acceptors (Lipinski definition) is 3. The number of nitrogen functional groups attached to an aromatic ring is 1. The van der Waals surface area contributed by atoms with Crippen molar-refractivity contribution in [2.75, 3.05) is 23.9 Å². The van der Waals surface area contributed by atoms with E-state index in [-0.39, 0.29) is 0 Å². The van der Waals surface area contributed by atoms with Gasteiger partial charge in [-0.3, -0.25) is 9.90 Å². The Labute approximate surface area is 82.0 Å². The second-order valence-corrected chi connectivity index (χ2v) is 3.41. The third kappa shape index (κ3) is 1.71. The van der Waals surface area contributed by atoms with Gasteiger partial charge in [0.05, 0.1) is 17.3 Å². The number of rotatable bonds is 1. The number of benzene rings is 1. The molecule has 0 radical (unpaired) electrons. The summed E-state index contributed by atoms with van der Waals surface area (Å²) in [6.07, 6.45) is 1.04. The molecule has 1 aromatic rings. The Bertz CT molecular complexity index is 310. The zero-order valence-corrected chi connectivity index (χ0v) is 7.92. The van der Waals surface area contributed by atoms with Gasteiger partial charge in [0, 0.05) is 12.2 Å². The zero-order valence-electron chi connectivity index (χ0n) is 7.16. The number of halogens is 1. The van der Waals surface area contributed by atoms with E-state index in [1.165, 1.54) is 0 Å². The minimum atomic E-state index is 0.641. The summed E-state index contributed by atoms with van der Waals surface area (Å²) in [7, 11) is 0. The maximum absolute atomic E-state index is 6.01. The maximum atomic E-state index is 6.01. The first-order valence-electron chi connectivity index (χ1n) is 4.23. The van der Waals surface area contributed by atoms with E-state index in [2.05, 4.69) is 0 Å². The van der Waals surface area contributed by atoms with E-state index < -0.39 is 0 Å². The van der Waals surface area contributed by atoms with Crippen molar-refractivity contribution < 1.29 is 4.84 Å². The largest absolute Gasteiger partial charge is 0.399 e. The minimum Gasteiger partial charge on any atom is -0.399 e. The smallest absolute Gasteiger partial charge is 0.0824 e. The number of anilines is 2. The van der Waals surface area contributed by atoms with Gasteiger partial charge in [0.25, 0.3) is 0 Å². The fourth-order valence-corrected chi connectivity index (χ4v) is 1.65. The third-order valence-electron chi connectivity index (χ3n) is 1.99. The van der Waals surface area contributed by atoms with Crippen molar-refractivity contribution in [3.63, 3.8) is 0 Å². The summed E-state index contributed by atoms with van der Waals surface area (Å²) in [4.78, 5) is 5.37. The SMILES string of the molecule is Nc1ccc(N2CCCO2)c(Cl)c1. The minimum absolute atomic E-state index is 0.641. The highest BCUT2D eigenvalue weighted by Gasteiger charge is 2.15. The van der Waals surface area contributed by atoms with E-state index in [9.17, 15) is 0 Å². The van der Waals surface area contributed by atoms with Gasteiger partial charge < -0.3 is 5.73 Å². The van der Waals surface area contributed by atoms with Crippen molar-refractivity contribution in [1.29, 1.82) is 0 Å². The Balaban J connectivity index is 2.29. The monoisotopic (exact) mass is 198 g/mol. The van der Waals surface area contributed by atoms with E-state index in [4.69, 9.17) is 22.2 Å². The van der Waals surface area contributed by atoms with Crippen molar-refractivity contribution in [3.05, 3.63) is 23.2 Å². The van der Waals surface area contributed by atoms with E-state index in [0.717, 1.165) is 25.3 Å². The molecular formula is C9H11ClN2O. The third-order valence-corrected chi connectivity index (χ3v) is 2.30. The van der Waals surface area contributed by atoms with Gasteiger partial charge in [0.1, 0.15) is 0 Å². The molecule has 70 valence electrons. The van der Waals surface area contributed by atoms with Gasteiger partial charge in [-0.05, 0) is 24.6 Å². The van der Waals surface area contributed by atoms with Gasteiger partial charge in [-0.1, -0.05) is 11.6 Å². The summed E-state index contributed by atoms with van der Waals surface area (Å²) in [6.45, 7) is 1.66. The summed E-state index contributed by atoms with van der Waals surface area (Å²) in [6, 6.07) is 5.43. The molecule has 2 rings (SSSR count). The van der Waals surface area contributed by atoms with Gasteiger partial charge in [-0.2, -0.15) is 0 Å². The molecule has 0 bridgehead atoms. The highest BCUT2D eigenvalue weighted by Crippen LogP contribution is 2.29. The number of nitrogens with zero attached hydrogens (tertiary/aromatic N) is 1. The van der Waals surface area contributed by atoms with E-state index in [1.807, 2.05) is 17.2 Å². The first-order chi connectivity index (χ1) is 6.27. The Kier molecular flexibility index (Phi) is 2.29. The first kappa shape index (κ1) is 8.66. The predicted molar refractivity (Wildman–Crippen MR) is 53.8 cm³/mol. The predicted octanol–water partition coefficient (Wildman–Crippen LogP) is 2.06. The van der Waals surface area contributed by atoms with Crippen LogP contribution in [0.25, 0.3) is 0 Å². The Hall–Kier alpha value is -0.930. The van der Waals surface area contributed by atoms with Crippen molar-refractivity contribution in [3.8, 4) is 0 Å². The highest BCUT2D eigenvalue weighted by molar-refractivity contribution is 6.33. The molecule has 2 N–H and O–H groups in total. The van der Waals surface area contributed by atoms with Gasteiger partial charge in [0.2, 0.25) is 0 Å². The number of nitrogens with two attached hydrogens (primary N) is 1. The van der Waals surface area contributed by atoms with Crippen LogP contribution in [0.3, 0.4) is 0 Å². The summed E-state index contributed by atoms with van der Waals surface area (Å²) in [5.74, 6) is 0. The van der Waals surface area contributed by atoms with Crippen molar-refractivity contribution >= 4 is 23.0 Å².